The fourth-order valence-electron chi connectivity index (χ4n) is 5.53. The van der Waals surface area contributed by atoms with Gasteiger partial charge in [-0.2, -0.15) is 0 Å². The van der Waals surface area contributed by atoms with Crippen molar-refractivity contribution >= 4 is 0 Å². The number of piperazine rings is 1. The lowest BCUT2D eigenvalue weighted by Crippen LogP contribution is -2.52. The van der Waals surface area contributed by atoms with Crippen LogP contribution in [0.3, 0.4) is 0 Å². The third-order valence-electron chi connectivity index (χ3n) is 6.10. The largest absolute Gasteiger partial charge is 0.314 e. The van der Waals surface area contributed by atoms with Crippen LogP contribution in [-0.2, 0) is 0 Å². The van der Waals surface area contributed by atoms with Crippen LogP contribution in [0.1, 0.15) is 32.1 Å². The third-order valence-corrected chi connectivity index (χ3v) is 6.10. The molecule has 1 aliphatic heterocycles. The highest BCUT2D eigenvalue weighted by Gasteiger charge is 2.48. The molecular formula is C15H26N2. The van der Waals surface area contributed by atoms with Gasteiger partial charge in [0.2, 0.25) is 0 Å². The Morgan fingerprint density at radius 1 is 0.824 bits per heavy atom. The van der Waals surface area contributed by atoms with E-state index in [0.29, 0.717) is 0 Å². The fraction of sp³-hybridized carbons (Fsp3) is 1.00. The molecule has 0 aromatic rings. The topological polar surface area (TPSA) is 15.3 Å². The minimum atomic E-state index is 1.07. The zero-order valence-corrected chi connectivity index (χ0v) is 10.9. The molecule has 0 amide bonds. The van der Waals surface area contributed by atoms with Crippen LogP contribution in [0.25, 0.3) is 0 Å². The van der Waals surface area contributed by atoms with Crippen molar-refractivity contribution in [3.8, 4) is 0 Å². The molecule has 96 valence electrons. The van der Waals surface area contributed by atoms with E-state index >= 15 is 0 Å². The van der Waals surface area contributed by atoms with Gasteiger partial charge in [-0.05, 0) is 61.7 Å². The molecule has 4 aliphatic carbocycles. The molecule has 5 rings (SSSR count). The first-order valence-corrected chi connectivity index (χ1v) is 7.81. The summed E-state index contributed by atoms with van der Waals surface area (Å²) in [6.07, 6.45) is 7.94. The van der Waals surface area contributed by atoms with E-state index in [4.69, 9.17) is 0 Å². The highest BCUT2D eigenvalue weighted by Crippen LogP contribution is 2.56. The lowest BCUT2D eigenvalue weighted by molar-refractivity contribution is -0.0499. The van der Waals surface area contributed by atoms with Crippen molar-refractivity contribution in [2.75, 3.05) is 32.7 Å². The summed E-state index contributed by atoms with van der Waals surface area (Å²) < 4.78 is 0. The van der Waals surface area contributed by atoms with E-state index in [-0.39, 0.29) is 0 Å². The molecule has 4 saturated carbocycles. The number of rotatable bonds is 2. The Bertz CT molecular complexity index is 255. The van der Waals surface area contributed by atoms with E-state index in [0.717, 1.165) is 29.6 Å². The van der Waals surface area contributed by atoms with Crippen molar-refractivity contribution in [3.63, 3.8) is 0 Å². The second kappa shape index (κ2) is 4.24. The predicted molar refractivity (Wildman–Crippen MR) is 69.8 cm³/mol. The molecule has 0 spiro atoms. The molecule has 1 saturated heterocycles. The van der Waals surface area contributed by atoms with Crippen LogP contribution in [0.4, 0.5) is 0 Å². The van der Waals surface area contributed by atoms with Crippen molar-refractivity contribution in [2.24, 2.45) is 29.6 Å². The summed E-state index contributed by atoms with van der Waals surface area (Å²) in [5.74, 6) is 5.57. The summed E-state index contributed by atoms with van der Waals surface area (Å²) in [6, 6.07) is 0. The van der Waals surface area contributed by atoms with E-state index in [1.165, 1.54) is 32.7 Å². The van der Waals surface area contributed by atoms with Gasteiger partial charge in [0.1, 0.15) is 0 Å². The molecule has 5 aliphatic rings. The van der Waals surface area contributed by atoms with Gasteiger partial charge in [0, 0.05) is 32.7 Å². The minimum Gasteiger partial charge on any atom is -0.314 e. The zero-order valence-electron chi connectivity index (χ0n) is 10.9. The van der Waals surface area contributed by atoms with Crippen molar-refractivity contribution in [1.82, 2.24) is 10.2 Å². The van der Waals surface area contributed by atoms with E-state index in [9.17, 15) is 0 Å². The maximum Gasteiger partial charge on any atom is 0.0107 e. The van der Waals surface area contributed by atoms with Gasteiger partial charge < -0.3 is 10.2 Å². The number of hydrogen-bond acceptors (Lipinski definition) is 2. The molecule has 5 fully saturated rings. The van der Waals surface area contributed by atoms with Crippen molar-refractivity contribution in [1.29, 1.82) is 0 Å². The SMILES string of the molecule is C1CN(CC2C3CC4CC(C3)CC2C4)CCN1. The average molecular weight is 234 g/mol. The monoisotopic (exact) mass is 234 g/mol. The lowest BCUT2D eigenvalue weighted by atomic mass is 9.52. The van der Waals surface area contributed by atoms with Crippen molar-refractivity contribution in [3.05, 3.63) is 0 Å². The first-order valence-electron chi connectivity index (χ1n) is 7.81. The molecule has 0 unspecified atom stereocenters. The Kier molecular flexibility index (Phi) is 2.69. The van der Waals surface area contributed by atoms with Gasteiger partial charge in [-0.15, -0.1) is 0 Å². The van der Waals surface area contributed by atoms with Crippen LogP contribution in [0.15, 0.2) is 0 Å². The second-order valence-corrected chi connectivity index (χ2v) is 7.15. The third kappa shape index (κ3) is 1.94. The number of nitrogens with one attached hydrogen (secondary N) is 1. The molecule has 0 aromatic carbocycles. The summed E-state index contributed by atoms with van der Waals surface area (Å²) >= 11 is 0. The molecule has 2 heteroatoms. The van der Waals surface area contributed by atoms with Gasteiger partial charge in [-0.3, -0.25) is 0 Å². The molecule has 1 N–H and O–H groups in total. The van der Waals surface area contributed by atoms with E-state index < -0.39 is 0 Å². The smallest absolute Gasteiger partial charge is 0.0107 e. The van der Waals surface area contributed by atoms with Crippen LogP contribution in [0, 0.1) is 29.6 Å². The predicted octanol–water partition coefficient (Wildman–Crippen LogP) is 1.96. The van der Waals surface area contributed by atoms with E-state index in [1.807, 2.05) is 0 Å². The quantitative estimate of drug-likeness (QED) is 0.786. The Hall–Kier alpha value is -0.0800. The van der Waals surface area contributed by atoms with E-state index in [1.54, 1.807) is 32.1 Å². The Balaban J connectivity index is 1.43. The number of nitrogens with zero attached hydrogens (tertiary/aromatic N) is 1. The number of hydrogen-bond donors (Lipinski definition) is 1. The molecular weight excluding hydrogens is 208 g/mol. The van der Waals surface area contributed by atoms with E-state index in [2.05, 4.69) is 10.2 Å². The molecule has 0 aromatic heterocycles. The van der Waals surface area contributed by atoms with Crippen LogP contribution in [0.2, 0.25) is 0 Å². The summed E-state index contributed by atoms with van der Waals surface area (Å²) in [6.45, 7) is 6.45. The minimum absolute atomic E-state index is 1.07. The van der Waals surface area contributed by atoms with Gasteiger partial charge in [-0.1, -0.05) is 0 Å². The van der Waals surface area contributed by atoms with Gasteiger partial charge in [0.15, 0.2) is 0 Å². The molecule has 17 heavy (non-hydrogen) atoms. The second-order valence-electron chi connectivity index (χ2n) is 7.15. The Morgan fingerprint density at radius 3 is 2.00 bits per heavy atom. The maximum absolute atomic E-state index is 3.47. The van der Waals surface area contributed by atoms with Gasteiger partial charge >= 0.3 is 0 Å². The standard InChI is InChI=1S/C15H26N2/c1-3-17(4-2-16-1)10-15-13-6-11-5-12(8-13)9-14(15)7-11/h11-16H,1-10H2. The summed E-state index contributed by atoms with van der Waals surface area (Å²) in [5.41, 5.74) is 0. The molecule has 0 radical (unpaired) electrons. The summed E-state index contributed by atoms with van der Waals surface area (Å²) in [7, 11) is 0. The Morgan fingerprint density at radius 2 is 1.41 bits per heavy atom. The lowest BCUT2D eigenvalue weighted by Gasteiger charge is -2.55. The normalized spacial score (nSPS) is 49.8. The molecule has 4 bridgehead atoms. The fourth-order valence-corrected chi connectivity index (χ4v) is 5.53. The van der Waals surface area contributed by atoms with Gasteiger partial charge in [0.05, 0.1) is 0 Å². The van der Waals surface area contributed by atoms with Crippen LogP contribution >= 0.6 is 0 Å². The van der Waals surface area contributed by atoms with Crippen LogP contribution in [-0.4, -0.2) is 37.6 Å². The molecule has 0 atom stereocenters. The average Bonchev–Trinajstić information content (AvgIpc) is 2.34. The molecule has 1 heterocycles. The maximum atomic E-state index is 3.47. The highest BCUT2D eigenvalue weighted by molar-refractivity contribution is 4.99. The summed E-state index contributed by atoms with van der Waals surface area (Å²) in [5, 5.41) is 3.47. The van der Waals surface area contributed by atoms with Crippen molar-refractivity contribution < 1.29 is 0 Å². The first kappa shape index (κ1) is 10.8. The zero-order chi connectivity index (χ0) is 11.2. The van der Waals surface area contributed by atoms with Crippen LogP contribution < -0.4 is 5.32 Å². The van der Waals surface area contributed by atoms with Crippen LogP contribution in [0.5, 0.6) is 0 Å². The first-order chi connectivity index (χ1) is 8.38. The van der Waals surface area contributed by atoms with Crippen molar-refractivity contribution in [2.45, 2.75) is 32.1 Å². The highest BCUT2D eigenvalue weighted by atomic mass is 15.2. The summed E-state index contributed by atoms with van der Waals surface area (Å²) in [4.78, 5) is 2.74. The molecule has 2 nitrogen and oxygen atoms in total. The van der Waals surface area contributed by atoms with Gasteiger partial charge in [-0.25, -0.2) is 0 Å². The van der Waals surface area contributed by atoms with Gasteiger partial charge in [0.25, 0.3) is 0 Å². The Labute approximate surface area is 105 Å².